The second kappa shape index (κ2) is 30.7. The molecule has 14 atom stereocenters. The number of unbranched alkanes of at least 4 members (excludes halogenated alkanes) is 1. The number of cyclic esters (lactones) is 1. The molecule has 0 spiro atoms. The number of hydrogen-bond donors (Lipinski definition) is 6. The molecule has 4 fully saturated rings. The first kappa shape index (κ1) is 66.3. The SMILES string of the molecule is CC[C@H](C)[C@H]1NC(=O)C(NC(=O)[C@@H](CC(C)C)N(C)C(=O)CCCCC2SCC3NC(=O)NC32)[C@@H](C)OC[C@H](Cc2ccc(OC)cc2)N(C)C(=O)[C@@H]2CCCN2C(=O)[C@H](CC(C)C)NC(=O)[C@@H](C)C(=O)[C@H](C(C)C)OC(=O)C[C@@H]1O. The topological polar surface area (TPSA) is 271 Å². The summed E-state index contributed by atoms with van der Waals surface area (Å²) in [5.41, 5.74) is 0.818. The Morgan fingerprint density at radius 2 is 1.60 bits per heavy atom. The van der Waals surface area contributed by atoms with Crippen molar-refractivity contribution in [3.63, 3.8) is 0 Å². The minimum atomic E-state index is -1.56. The van der Waals surface area contributed by atoms with E-state index in [1.165, 1.54) is 21.6 Å². The van der Waals surface area contributed by atoms with E-state index in [0.29, 0.717) is 31.4 Å². The van der Waals surface area contributed by atoms with Crippen molar-refractivity contribution < 1.29 is 62.5 Å². The number of esters is 1. The first-order chi connectivity index (χ1) is 38.3. The maximum atomic E-state index is 15.0. The Balaban J connectivity index is 1.51. The van der Waals surface area contributed by atoms with Gasteiger partial charge in [0.1, 0.15) is 29.9 Å². The van der Waals surface area contributed by atoms with Crippen LogP contribution in [0.1, 0.15) is 139 Å². The van der Waals surface area contributed by atoms with Gasteiger partial charge in [-0.2, -0.15) is 11.8 Å². The largest absolute Gasteiger partial charge is 0.497 e. The van der Waals surface area contributed by atoms with Crippen LogP contribution in [-0.2, 0) is 54.3 Å². The molecule has 0 radical (unpaired) electrons. The van der Waals surface area contributed by atoms with Crippen LogP contribution in [0.2, 0.25) is 0 Å². The van der Waals surface area contributed by atoms with Crippen LogP contribution in [-0.4, -0.2) is 185 Å². The molecule has 4 unspecified atom stereocenters. The summed E-state index contributed by atoms with van der Waals surface area (Å²) in [4.78, 5) is 132. The van der Waals surface area contributed by atoms with Crippen LogP contribution in [0.25, 0.3) is 0 Å². The highest BCUT2D eigenvalue weighted by molar-refractivity contribution is 8.00. The zero-order valence-electron chi connectivity index (χ0n) is 50.1. The van der Waals surface area contributed by atoms with E-state index >= 15 is 4.79 Å². The van der Waals surface area contributed by atoms with Gasteiger partial charge in [0.2, 0.25) is 35.4 Å². The molecule has 8 amide bonds. The molecule has 1 aromatic rings. The summed E-state index contributed by atoms with van der Waals surface area (Å²) in [6.45, 7) is 17.6. The lowest BCUT2D eigenvalue weighted by atomic mass is 9.91. The molecule has 0 aromatic heterocycles. The van der Waals surface area contributed by atoms with E-state index in [1.54, 1.807) is 72.8 Å². The van der Waals surface area contributed by atoms with Gasteiger partial charge >= 0.3 is 12.0 Å². The normalized spacial score (nSPS) is 29.3. The minimum absolute atomic E-state index is 0.0423. The molecule has 4 aliphatic rings. The fourth-order valence-electron chi connectivity index (χ4n) is 11.3. The zero-order chi connectivity index (χ0) is 60.0. The van der Waals surface area contributed by atoms with Crippen LogP contribution >= 0.6 is 11.8 Å². The Kier molecular flexibility index (Phi) is 25.1. The van der Waals surface area contributed by atoms with Crippen LogP contribution in [0.5, 0.6) is 5.75 Å². The summed E-state index contributed by atoms with van der Waals surface area (Å²) < 4.78 is 17.8. The quantitative estimate of drug-likeness (QED) is 0.0522. The number of rotatable bonds is 18. The Hall–Kier alpha value is -5.48. The third-order valence-corrected chi connectivity index (χ3v) is 18.0. The first-order valence-corrected chi connectivity index (χ1v) is 30.4. The van der Waals surface area contributed by atoms with Gasteiger partial charge in [-0.15, -0.1) is 0 Å². The minimum Gasteiger partial charge on any atom is -0.497 e. The second-order valence-corrected chi connectivity index (χ2v) is 25.3. The van der Waals surface area contributed by atoms with Gasteiger partial charge < -0.3 is 60.6 Å². The standard InChI is InChI=1S/C59H94N8O13S/c1-14-35(8)49-45(68)29-48(70)80-53(34(6)7)52(71)36(9)54(72)60-41(26-32(2)3)57(75)67-25-17-18-43(67)58(76)65(11)39(28-38-21-23-40(78-13)24-22-38)30-79-37(10)50(56(74)62-49)63-55(73)44(27-33(4)5)66(12)47(69)20-16-15-19-46-51-42(31-81-46)61-59(77)64-51/h21-24,32-37,39,41-46,49-51,53,68H,14-20,25-31H2,1-13H3,(H,60,72)(H,62,74)(H,63,73)(H2,61,64,77)/t35-,36-,37+,39-,41-,42?,43-,44+,45-,46?,49+,50?,51?,53-/m0/s1. The number of nitrogens with one attached hydrogen (secondary N) is 5. The number of ketones is 1. The number of thioether (sulfide) groups is 1. The van der Waals surface area contributed by atoms with Crippen molar-refractivity contribution in [1.82, 2.24) is 41.3 Å². The number of amides is 8. The number of benzene rings is 1. The summed E-state index contributed by atoms with van der Waals surface area (Å²) in [6.07, 6.45) is -0.463. The molecule has 1 aromatic carbocycles. The van der Waals surface area contributed by atoms with Gasteiger partial charge in [0.15, 0.2) is 11.9 Å². The number of ether oxygens (including phenoxy) is 3. The van der Waals surface area contributed by atoms with Crippen molar-refractivity contribution in [2.45, 2.75) is 212 Å². The van der Waals surface area contributed by atoms with Gasteiger partial charge in [-0.3, -0.25) is 38.4 Å². The Bertz CT molecular complexity index is 2340. The molecule has 4 saturated heterocycles. The number of aliphatic hydroxyl groups excluding tert-OH is 1. The van der Waals surface area contributed by atoms with Gasteiger partial charge in [-0.1, -0.05) is 80.4 Å². The van der Waals surface area contributed by atoms with Crippen molar-refractivity contribution in [3.8, 4) is 5.75 Å². The first-order valence-electron chi connectivity index (χ1n) is 29.3. The van der Waals surface area contributed by atoms with Crippen molar-refractivity contribution >= 4 is 65.0 Å². The third-order valence-electron chi connectivity index (χ3n) is 16.5. The number of methoxy groups -OCH3 is 1. The number of hydrogen-bond acceptors (Lipinski definition) is 14. The maximum Gasteiger partial charge on any atom is 0.315 e. The molecule has 0 saturated carbocycles. The van der Waals surface area contributed by atoms with E-state index < -0.39 is 114 Å². The smallest absolute Gasteiger partial charge is 0.315 e. The molecule has 0 aliphatic carbocycles. The summed E-state index contributed by atoms with van der Waals surface area (Å²) in [5.74, 6) is -6.02. The number of fused-ring (bicyclic) bond motifs is 2. The average molecular weight is 1160 g/mol. The fourth-order valence-corrected chi connectivity index (χ4v) is 12.8. The van der Waals surface area contributed by atoms with E-state index in [9.17, 15) is 43.5 Å². The molecule has 22 heteroatoms. The highest BCUT2D eigenvalue weighted by Gasteiger charge is 2.45. The third kappa shape index (κ3) is 18.0. The number of carbonyl (C=O) groups is 9. The molecule has 81 heavy (non-hydrogen) atoms. The number of likely N-dealkylation sites (N-methyl/N-ethyl adjacent to an activating group) is 2. The molecular formula is C59H94N8O13S. The van der Waals surface area contributed by atoms with Gasteiger partial charge in [0.25, 0.3) is 0 Å². The fraction of sp³-hybridized carbons (Fsp3) is 0.746. The molecule has 454 valence electrons. The zero-order valence-corrected chi connectivity index (χ0v) is 50.9. The summed E-state index contributed by atoms with van der Waals surface area (Å²) in [7, 11) is 4.76. The second-order valence-electron chi connectivity index (χ2n) is 24.0. The van der Waals surface area contributed by atoms with Gasteiger partial charge in [-0.05, 0) is 100 Å². The van der Waals surface area contributed by atoms with Gasteiger partial charge in [0, 0.05) is 38.1 Å². The van der Waals surface area contributed by atoms with Crippen LogP contribution in [0.15, 0.2) is 24.3 Å². The van der Waals surface area contributed by atoms with E-state index in [4.69, 9.17) is 14.2 Å². The van der Waals surface area contributed by atoms with Crippen LogP contribution < -0.4 is 31.3 Å². The lowest BCUT2D eigenvalue weighted by Crippen LogP contribution is -2.61. The van der Waals surface area contributed by atoms with Crippen LogP contribution in [0.3, 0.4) is 0 Å². The van der Waals surface area contributed by atoms with Crippen LogP contribution in [0.4, 0.5) is 4.79 Å². The lowest BCUT2D eigenvalue weighted by Gasteiger charge is -2.36. The molecular weight excluding hydrogens is 1060 g/mol. The number of carbonyl (C=O) groups excluding carboxylic acids is 9. The number of Topliss-reactive ketones (excluding diaryl/α,β-unsaturated/α-hetero) is 1. The molecule has 21 nitrogen and oxygen atoms in total. The highest BCUT2D eigenvalue weighted by Crippen LogP contribution is 2.33. The number of aliphatic hydroxyl groups is 1. The monoisotopic (exact) mass is 1150 g/mol. The van der Waals surface area contributed by atoms with Crippen molar-refractivity contribution in [3.05, 3.63) is 29.8 Å². The van der Waals surface area contributed by atoms with E-state index in [2.05, 4.69) is 26.6 Å². The molecule has 4 heterocycles. The Morgan fingerprint density at radius 3 is 2.23 bits per heavy atom. The molecule has 4 aliphatic heterocycles. The highest BCUT2D eigenvalue weighted by atomic mass is 32.2. The maximum absolute atomic E-state index is 15.0. The molecule has 5 rings (SSSR count). The van der Waals surface area contributed by atoms with E-state index in [-0.39, 0.29) is 85.8 Å². The van der Waals surface area contributed by atoms with E-state index in [0.717, 1.165) is 24.2 Å². The number of urea groups is 1. The summed E-state index contributed by atoms with van der Waals surface area (Å²) >= 11 is 1.80. The van der Waals surface area contributed by atoms with E-state index in [1.807, 2.05) is 46.8 Å². The number of nitrogens with zero attached hydrogens (tertiary/aromatic N) is 3. The van der Waals surface area contributed by atoms with Crippen molar-refractivity contribution in [2.75, 3.05) is 40.1 Å². The van der Waals surface area contributed by atoms with Crippen molar-refractivity contribution in [1.29, 1.82) is 0 Å². The molecule has 6 N–H and O–H groups in total. The molecule has 0 bridgehead atoms. The van der Waals surface area contributed by atoms with Gasteiger partial charge in [0.05, 0.1) is 62.4 Å². The van der Waals surface area contributed by atoms with Crippen molar-refractivity contribution in [2.24, 2.45) is 29.6 Å². The summed E-state index contributed by atoms with van der Waals surface area (Å²) in [6, 6.07) is 1.00. The average Bonchev–Trinajstić information content (AvgIpc) is 4.19. The van der Waals surface area contributed by atoms with Gasteiger partial charge in [-0.25, -0.2) is 4.79 Å². The Labute approximate surface area is 483 Å². The van der Waals surface area contributed by atoms with Crippen LogP contribution in [0, 0.1) is 29.6 Å². The lowest BCUT2D eigenvalue weighted by molar-refractivity contribution is -0.162. The summed E-state index contributed by atoms with van der Waals surface area (Å²) in [5, 5.41) is 26.7. The predicted octanol–water partition coefficient (Wildman–Crippen LogP) is 4.14. The Morgan fingerprint density at radius 1 is 0.914 bits per heavy atom. The predicted molar refractivity (Wildman–Crippen MR) is 308 cm³/mol.